The summed E-state index contributed by atoms with van der Waals surface area (Å²) in [6, 6.07) is 2.06. The first-order chi connectivity index (χ1) is 9.74. The lowest BCUT2D eigenvalue weighted by Gasteiger charge is -2.32. The minimum Gasteiger partial charge on any atom is -0.338 e. The van der Waals surface area contributed by atoms with Gasteiger partial charge in [-0.3, -0.25) is 9.48 Å². The Hall–Kier alpha value is -1.76. The highest BCUT2D eigenvalue weighted by Crippen LogP contribution is 2.24. The smallest absolute Gasteiger partial charge is 0.255 e. The number of carbonyl (C=O) groups excluding carboxylic acids is 1. The third kappa shape index (κ3) is 2.72. The van der Waals surface area contributed by atoms with Gasteiger partial charge in [-0.15, -0.1) is 0 Å². The van der Waals surface area contributed by atoms with Crippen LogP contribution in [0.25, 0.3) is 0 Å². The maximum atomic E-state index is 12.3. The number of halogens is 1. The minimum absolute atomic E-state index is 0.0278. The van der Waals surface area contributed by atoms with Crippen LogP contribution in [0.2, 0.25) is 0 Å². The van der Waals surface area contributed by atoms with Crippen molar-refractivity contribution in [3.05, 3.63) is 40.9 Å². The Morgan fingerprint density at radius 2 is 2.05 bits per heavy atom. The van der Waals surface area contributed by atoms with Gasteiger partial charge in [-0.25, -0.2) is 0 Å². The monoisotopic (exact) mass is 335 g/mol. The second-order valence-corrected chi connectivity index (χ2v) is 5.71. The quantitative estimate of drug-likeness (QED) is 0.840. The van der Waals surface area contributed by atoms with Crippen LogP contribution < -0.4 is 0 Å². The number of hydrogen-bond donors (Lipinski definition) is 0. The van der Waals surface area contributed by atoms with Crippen LogP contribution in [0.1, 0.15) is 29.2 Å². The number of rotatable bonds is 2. The normalized spacial score (nSPS) is 16.4. The van der Waals surface area contributed by atoms with E-state index < -0.39 is 0 Å². The second-order valence-electron chi connectivity index (χ2n) is 4.79. The molecule has 0 N–H and O–H groups in total. The van der Waals surface area contributed by atoms with Crippen molar-refractivity contribution in [1.82, 2.24) is 24.9 Å². The van der Waals surface area contributed by atoms with Gasteiger partial charge in [-0.2, -0.15) is 15.3 Å². The number of likely N-dealkylation sites (tertiary alicyclic amines) is 1. The van der Waals surface area contributed by atoms with Crippen LogP contribution in [0.3, 0.4) is 0 Å². The highest BCUT2D eigenvalue weighted by Gasteiger charge is 2.25. The molecule has 1 saturated heterocycles. The zero-order valence-electron chi connectivity index (χ0n) is 10.8. The molecule has 2 aromatic heterocycles. The fraction of sp³-hybridized carbons (Fsp3) is 0.385. The van der Waals surface area contributed by atoms with Crippen molar-refractivity contribution in [3.8, 4) is 0 Å². The molecule has 0 spiro atoms. The highest BCUT2D eigenvalue weighted by atomic mass is 79.9. The molecule has 0 unspecified atom stereocenters. The molecule has 3 rings (SSSR count). The topological polar surface area (TPSA) is 63.9 Å². The van der Waals surface area contributed by atoms with Crippen molar-refractivity contribution in [2.45, 2.75) is 18.9 Å². The molecule has 2 aromatic rings. The van der Waals surface area contributed by atoms with Crippen molar-refractivity contribution >= 4 is 21.8 Å². The van der Waals surface area contributed by atoms with Crippen LogP contribution in [0.5, 0.6) is 0 Å². The molecule has 0 atom stereocenters. The van der Waals surface area contributed by atoms with E-state index in [9.17, 15) is 4.79 Å². The van der Waals surface area contributed by atoms with Gasteiger partial charge in [0.15, 0.2) is 0 Å². The number of carbonyl (C=O) groups is 1. The maximum absolute atomic E-state index is 12.3. The molecule has 0 bridgehead atoms. The van der Waals surface area contributed by atoms with E-state index >= 15 is 0 Å². The summed E-state index contributed by atoms with van der Waals surface area (Å²) in [5.74, 6) is 0.0278. The minimum atomic E-state index is 0.0278. The SMILES string of the molecule is O=C(c1ccnnc1)N1CCC(n2cc(Br)cn2)CC1. The molecule has 0 aromatic carbocycles. The molecule has 104 valence electrons. The molecule has 1 amide bonds. The Morgan fingerprint density at radius 1 is 1.25 bits per heavy atom. The first-order valence-electron chi connectivity index (χ1n) is 6.49. The first-order valence-corrected chi connectivity index (χ1v) is 7.29. The van der Waals surface area contributed by atoms with E-state index in [1.165, 1.54) is 6.20 Å². The zero-order valence-corrected chi connectivity index (χ0v) is 12.4. The third-order valence-electron chi connectivity index (χ3n) is 3.53. The van der Waals surface area contributed by atoms with Crippen LogP contribution >= 0.6 is 15.9 Å². The summed E-state index contributed by atoms with van der Waals surface area (Å²) in [6.07, 6.45) is 8.66. The summed E-state index contributed by atoms with van der Waals surface area (Å²) >= 11 is 3.40. The fourth-order valence-electron chi connectivity index (χ4n) is 2.45. The average molecular weight is 336 g/mol. The Kier molecular flexibility index (Phi) is 3.77. The van der Waals surface area contributed by atoms with Gasteiger partial charge in [-0.05, 0) is 34.8 Å². The van der Waals surface area contributed by atoms with Crippen LogP contribution in [-0.2, 0) is 0 Å². The molecule has 6 nitrogen and oxygen atoms in total. The van der Waals surface area contributed by atoms with Crippen molar-refractivity contribution in [3.63, 3.8) is 0 Å². The molecule has 1 aliphatic heterocycles. The molecule has 1 aliphatic rings. The highest BCUT2D eigenvalue weighted by molar-refractivity contribution is 9.10. The standard InChI is InChI=1S/C13H14BrN5O/c14-11-8-17-19(9-11)12-2-5-18(6-3-12)13(20)10-1-4-15-16-7-10/h1,4,7-9,12H,2-3,5-6H2. The Balaban J connectivity index is 1.63. The van der Waals surface area contributed by atoms with E-state index in [1.54, 1.807) is 18.5 Å². The molecule has 20 heavy (non-hydrogen) atoms. The number of amides is 1. The van der Waals surface area contributed by atoms with Gasteiger partial charge in [0.1, 0.15) is 0 Å². The van der Waals surface area contributed by atoms with Crippen LogP contribution in [0.4, 0.5) is 0 Å². The molecule has 1 fully saturated rings. The summed E-state index contributed by atoms with van der Waals surface area (Å²) in [6.45, 7) is 1.48. The van der Waals surface area contributed by atoms with Crippen LogP contribution in [0, 0.1) is 0 Å². The summed E-state index contributed by atoms with van der Waals surface area (Å²) in [5.41, 5.74) is 0.597. The molecular weight excluding hydrogens is 322 g/mol. The van der Waals surface area contributed by atoms with E-state index in [2.05, 4.69) is 31.2 Å². The Morgan fingerprint density at radius 3 is 2.65 bits per heavy atom. The Labute approximate surface area is 124 Å². The van der Waals surface area contributed by atoms with Crippen molar-refractivity contribution < 1.29 is 4.79 Å². The van der Waals surface area contributed by atoms with Crippen LogP contribution in [-0.4, -0.2) is 43.9 Å². The lowest BCUT2D eigenvalue weighted by atomic mass is 10.0. The predicted molar refractivity (Wildman–Crippen MR) is 76.1 cm³/mol. The molecular formula is C13H14BrN5O. The molecule has 0 saturated carbocycles. The van der Waals surface area contributed by atoms with Gasteiger partial charge in [0, 0.05) is 19.3 Å². The second kappa shape index (κ2) is 5.70. The summed E-state index contributed by atoms with van der Waals surface area (Å²) in [4.78, 5) is 14.1. The van der Waals surface area contributed by atoms with Gasteiger partial charge in [0.25, 0.3) is 5.91 Å². The van der Waals surface area contributed by atoms with Gasteiger partial charge in [0.05, 0.1) is 34.7 Å². The maximum Gasteiger partial charge on any atom is 0.255 e. The summed E-state index contributed by atoms with van der Waals surface area (Å²) in [5, 5.41) is 11.8. The molecule has 3 heterocycles. The van der Waals surface area contributed by atoms with Gasteiger partial charge < -0.3 is 4.90 Å². The summed E-state index contributed by atoms with van der Waals surface area (Å²) < 4.78 is 2.96. The van der Waals surface area contributed by atoms with E-state index in [1.807, 2.05) is 15.8 Å². The van der Waals surface area contributed by atoms with Gasteiger partial charge in [0.2, 0.25) is 0 Å². The van der Waals surface area contributed by atoms with Crippen LogP contribution in [0.15, 0.2) is 35.3 Å². The molecule has 7 heteroatoms. The van der Waals surface area contributed by atoms with Gasteiger partial charge >= 0.3 is 0 Å². The molecule has 0 aliphatic carbocycles. The number of piperidine rings is 1. The van der Waals surface area contributed by atoms with E-state index in [4.69, 9.17) is 0 Å². The number of hydrogen-bond acceptors (Lipinski definition) is 4. The number of nitrogens with zero attached hydrogens (tertiary/aromatic N) is 5. The van der Waals surface area contributed by atoms with Crippen molar-refractivity contribution in [2.75, 3.05) is 13.1 Å². The van der Waals surface area contributed by atoms with E-state index in [-0.39, 0.29) is 5.91 Å². The third-order valence-corrected chi connectivity index (χ3v) is 3.94. The van der Waals surface area contributed by atoms with E-state index in [0.29, 0.717) is 11.6 Å². The number of aromatic nitrogens is 4. The van der Waals surface area contributed by atoms with Gasteiger partial charge in [-0.1, -0.05) is 0 Å². The Bertz CT molecular complexity index is 592. The zero-order chi connectivity index (χ0) is 13.9. The van der Waals surface area contributed by atoms with E-state index in [0.717, 1.165) is 30.4 Å². The van der Waals surface area contributed by atoms with Crippen molar-refractivity contribution in [2.24, 2.45) is 0 Å². The lowest BCUT2D eigenvalue weighted by molar-refractivity contribution is 0.0689. The average Bonchev–Trinajstić information content (AvgIpc) is 2.94. The van der Waals surface area contributed by atoms with Crippen molar-refractivity contribution in [1.29, 1.82) is 0 Å². The first kappa shape index (κ1) is 13.2. The summed E-state index contributed by atoms with van der Waals surface area (Å²) in [7, 11) is 0. The fourth-order valence-corrected chi connectivity index (χ4v) is 2.75. The largest absolute Gasteiger partial charge is 0.338 e. The lowest BCUT2D eigenvalue weighted by Crippen LogP contribution is -2.39. The predicted octanol–water partition coefficient (Wildman–Crippen LogP) is 1.91. The molecule has 0 radical (unpaired) electrons.